The Hall–Kier alpha value is -3.61. The van der Waals surface area contributed by atoms with Crippen molar-refractivity contribution in [1.82, 2.24) is 19.7 Å². The third-order valence-electron chi connectivity index (χ3n) is 5.20. The maximum absolute atomic E-state index is 13.0. The molecule has 3 aromatic heterocycles. The number of thioether (sulfide) groups is 2. The van der Waals surface area contributed by atoms with Crippen molar-refractivity contribution in [1.29, 1.82) is 0 Å². The van der Waals surface area contributed by atoms with Crippen molar-refractivity contribution in [2.75, 3.05) is 18.1 Å². The Morgan fingerprint density at radius 3 is 2.67 bits per heavy atom. The number of carboxylic acid groups (broad SMARTS) is 2. The van der Waals surface area contributed by atoms with E-state index in [1.165, 1.54) is 23.1 Å². The number of hydrogen-bond donors (Lipinski definition) is 4. The zero-order valence-corrected chi connectivity index (χ0v) is 24.2. The van der Waals surface area contributed by atoms with Crippen LogP contribution in [0.4, 0.5) is 5.13 Å². The van der Waals surface area contributed by atoms with Gasteiger partial charge in [-0.1, -0.05) is 16.9 Å². The average Bonchev–Trinajstić information content (AvgIpc) is 3.57. The summed E-state index contributed by atoms with van der Waals surface area (Å²) in [5.74, 6) is -3.54. The Labute approximate surface area is 243 Å². The summed E-state index contributed by atoms with van der Waals surface area (Å²) in [6.45, 7) is 1.78. The molecule has 0 saturated carbocycles. The predicted molar refractivity (Wildman–Crippen MR) is 152 cm³/mol. The molecule has 1 aliphatic heterocycles. The lowest BCUT2D eigenvalue weighted by Gasteiger charge is -2.28. The molecule has 1 aliphatic rings. The van der Waals surface area contributed by atoms with Gasteiger partial charge in [-0.25, -0.2) is 19.1 Å². The van der Waals surface area contributed by atoms with Crippen molar-refractivity contribution in [3.63, 3.8) is 0 Å². The molecule has 4 heterocycles. The van der Waals surface area contributed by atoms with Crippen LogP contribution in [0, 0.1) is 0 Å². The number of aliphatic carboxylic acids is 2. The van der Waals surface area contributed by atoms with Gasteiger partial charge in [-0.15, -0.1) is 23.1 Å². The number of nitrogen functional groups attached to an aromatic ring is 1. The number of nitrogens with two attached hydrogens (primary N) is 1. The van der Waals surface area contributed by atoms with E-state index in [-0.39, 0.29) is 34.7 Å². The normalized spacial score (nSPS) is 18.1. The number of carbonyl (C=O) groups excluding carboxylic acids is 1. The van der Waals surface area contributed by atoms with E-state index in [1.807, 2.05) is 41.5 Å². The molecule has 5 N–H and O–H groups in total. The number of carbonyl (C=O) groups is 3. The molecule has 4 rings (SSSR count). The fourth-order valence-electron chi connectivity index (χ4n) is 3.32. The van der Waals surface area contributed by atoms with Crippen LogP contribution in [0.2, 0.25) is 0 Å². The van der Waals surface area contributed by atoms with Crippen LogP contribution in [-0.4, -0.2) is 82.8 Å². The number of nitrogens with zero attached hydrogens (tertiary/aromatic N) is 6. The molecule has 3 atom stereocenters. The highest BCUT2D eigenvalue weighted by molar-refractivity contribution is 8.05. The van der Waals surface area contributed by atoms with E-state index in [0.717, 1.165) is 34.6 Å². The first kappa shape index (κ1) is 29.4. The second-order valence-electron chi connectivity index (χ2n) is 8.00. The lowest BCUT2D eigenvalue weighted by molar-refractivity contribution is -0.671. The fraction of sp³-hybridized carbons (Fsp3) is 0.318. The molecule has 0 aliphatic carbocycles. The molecule has 0 aromatic carbocycles. The Kier molecular flexibility index (Phi) is 9.67. The summed E-state index contributed by atoms with van der Waals surface area (Å²) < 4.78 is 6.49. The van der Waals surface area contributed by atoms with Crippen LogP contribution in [0.25, 0.3) is 11.3 Å². The Morgan fingerprint density at radius 2 is 2.05 bits per heavy atom. The number of aliphatic imine (C=N–C) groups is 1. The van der Waals surface area contributed by atoms with E-state index in [0.29, 0.717) is 4.34 Å². The molecule has 1 unspecified atom stereocenters. The molecular formula is C22H23N8O6S4+. The largest absolute Gasteiger partial charge is 0.480 e. The standard InChI is InChI=1S/C22H22N8O6S4/c1-3-36-28-14(16-27-21(23)40-29-16)17(31)25-15(20(34)35)18-26-13(19(32)33)12(9-37-18)39-22-24-11(8-38-22)10-4-6-30(2)7-5-10/h4-8,12,15,18H,3,9H2,1-2H3,(H4-,23,25,27,29,31,32,33,34,35)/p+1/t12?,15-,18+/m0/s1. The van der Waals surface area contributed by atoms with E-state index in [4.69, 9.17) is 10.6 Å². The summed E-state index contributed by atoms with van der Waals surface area (Å²) in [6.07, 6.45) is 3.81. The molecule has 0 radical (unpaired) electrons. The van der Waals surface area contributed by atoms with Crippen LogP contribution in [0.15, 0.2) is 44.4 Å². The molecule has 0 spiro atoms. The number of pyridine rings is 1. The fourth-order valence-corrected chi connectivity index (χ4v) is 7.29. The molecule has 0 bridgehead atoms. The van der Waals surface area contributed by atoms with Gasteiger partial charge in [0.15, 0.2) is 27.9 Å². The zero-order valence-electron chi connectivity index (χ0n) is 21.0. The number of aryl methyl sites for hydroxylation is 1. The summed E-state index contributed by atoms with van der Waals surface area (Å²) >= 11 is 4.56. The van der Waals surface area contributed by atoms with Gasteiger partial charge in [-0.3, -0.25) is 9.79 Å². The monoisotopic (exact) mass is 623 g/mol. The first-order valence-corrected chi connectivity index (χ1v) is 15.1. The highest BCUT2D eigenvalue weighted by Crippen LogP contribution is 2.36. The first-order chi connectivity index (χ1) is 19.2. The first-order valence-electron chi connectivity index (χ1n) is 11.5. The molecule has 18 heteroatoms. The van der Waals surface area contributed by atoms with Crippen LogP contribution in [-0.2, 0) is 26.3 Å². The van der Waals surface area contributed by atoms with E-state index in [9.17, 15) is 24.6 Å². The van der Waals surface area contributed by atoms with Crippen molar-refractivity contribution in [2.45, 2.75) is 27.9 Å². The van der Waals surface area contributed by atoms with Crippen molar-refractivity contribution < 1.29 is 34.0 Å². The van der Waals surface area contributed by atoms with Gasteiger partial charge in [0.2, 0.25) is 11.5 Å². The van der Waals surface area contributed by atoms with E-state index in [2.05, 4.69) is 29.8 Å². The lowest BCUT2D eigenvalue weighted by atomic mass is 10.2. The van der Waals surface area contributed by atoms with Crippen molar-refractivity contribution in [3.8, 4) is 11.3 Å². The van der Waals surface area contributed by atoms with Gasteiger partial charge in [0.05, 0.1) is 10.9 Å². The number of thiazole rings is 1. The SMILES string of the molecule is CCON=C(C(=O)N[C@H](C(=O)O)[C@@H]1N=C(C(=O)O)C(Sc2nc(-c3cc[n+](C)cc3)cs2)CS1)c1nsc(N)n1. The molecule has 0 saturated heterocycles. The zero-order chi connectivity index (χ0) is 28.8. The quantitative estimate of drug-likeness (QED) is 0.135. The average molecular weight is 624 g/mol. The molecule has 14 nitrogen and oxygen atoms in total. The summed E-state index contributed by atoms with van der Waals surface area (Å²) in [6, 6.07) is 2.28. The van der Waals surface area contributed by atoms with Crippen LogP contribution in [0.5, 0.6) is 0 Å². The lowest BCUT2D eigenvalue weighted by Crippen LogP contribution is -2.51. The molecular weight excluding hydrogens is 601 g/mol. The van der Waals surface area contributed by atoms with Crippen molar-refractivity contribution >= 4 is 80.8 Å². The number of carboxylic acids is 2. The third-order valence-corrected chi connectivity index (χ3v) is 9.38. The van der Waals surface area contributed by atoms with Crippen molar-refractivity contribution in [2.24, 2.45) is 17.2 Å². The highest BCUT2D eigenvalue weighted by Gasteiger charge is 2.39. The van der Waals surface area contributed by atoms with Crippen LogP contribution >= 0.6 is 46.4 Å². The summed E-state index contributed by atoms with van der Waals surface area (Å²) in [5, 5.41) is 26.1. The van der Waals surface area contributed by atoms with Gasteiger partial charge in [0.1, 0.15) is 24.7 Å². The number of hydrogen-bond acceptors (Lipinski definition) is 14. The van der Waals surface area contributed by atoms with Gasteiger partial charge in [-0.2, -0.15) is 9.36 Å². The molecule has 40 heavy (non-hydrogen) atoms. The molecule has 0 fully saturated rings. The Bertz CT molecular complexity index is 1460. The number of oxime groups is 1. The minimum atomic E-state index is -1.58. The number of aromatic nitrogens is 4. The second kappa shape index (κ2) is 13.2. The van der Waals surface area contributed by atoms with Crippen LogP contribution < -0.4 is 15.6 Å². The van der Waals surface area contributed by atoms with Crippen LogP contribution in [0.3, 0.4) is 0 Å². The van der Waals surface area contributed by atoms with Gasteiger partial charge in [0.25, 0.3) is 5.91 Å². The number of rotatable bonds is 11. The van der Waals surface area contributed by atoms with E-state index in [1.54, 1.807) is 6.92 Å². The topological polar surface area (TPSA) is 206 Å². The van der Waals surface area contributed by atoms with Gasteiger partial charge in [0, 0.05) is 40.4 Å². The molecule has 3 aromatic rings. The minimum absolute atomic E-state index is 0.0779. The smallest absolute Gasteiger partial charge is 0.351 e. The predicted octanol–water partition coefficient (Wildman–Crippen LogP) is 1.14. The van der Waals surface area contributed by atoms with Gasteiger partial charge < -0.3 is 26.1 Å². The number of amides is 1. The third kappa shape index (κ3) is 7.12. The highest BCUT2D eigenvalue weighted by atomic mass is 32.2. The number of anilines is 1. The minimum Gasteiger partial charge on any atom is -0.480 e. The van der Waals surface area contributed by atoms with Gasteiger partial charge >= 0.3 is 11.9 Å². The Morgan fingerprint density at radius 1 is 1.30 bits per heavy atom. The van der Waals surface area contributed by atoms with E-state index < -0.39 is 34.5 Å². The molecule has 1 amide bonds. The van der Waals surface area contributed by atoms with Crippen molar-refractivity contribution in [3.05, 3.63) is 35.7 Å². The van der Waals surface area contributed by atoms with Crippen LogP contribution in [0.1, 0.15) is 12.7 Å². The van der Waals surface area contributed by atoms with E-state index >= 15 is 0 Å². The summed E-state index contributed by atoms with van der Waals surface area (Å²) in [5.41, 5.74) is 6.70. The maximum Gasteiger partial charge on any atom is 0.351 e. The summed E-state index contributed by atoms with van der Waals surface area (Å²) in [7, 11) is 1.91. The molecule has 210 valence electrons. The van der Waals surface area contributed by atoms with Gasteiger partial charge in [-0.05, 0) is 6.92 Å². The number of nitrogens with one attached hydrogen (secondary N) is 1. The Balaban J connectivity index is 1.52. The second-order valence-corrected chi connectivity index (χ2v) is 12.2. The summed E-state index contributed by atoms with van der Waals surface area (Å²) in [4.78, 5) is 55.0. The maximum atomic E-state index is 13.0.